The molecule has 0 saturated carbocycles. The van der Waals surface area contributed by atoms with E-state index in [-0.39, 0.29) is 19.0 Å². The molecule has 0 aliphatic carbocycles. The van der Waals surface area contributed by atoms with Gasteiger partial charge in [0, 0.05) is 31.6 Å². The maximum Gasteiger partial charge on any atom is 0.272 e. The van der Waals surface area contributed by atoms with E-state index in [1.165, 1.54) is 4.31 Å². The molecule has 2 aromatic carbocycles. The second kappa shape index (κ2) is 8.05. The smallest absolute Gasteiger partial charge is 0.272 e. The number of piperazine rings is 1. The van der Waals surface area contributed by atoms with Gasteiger partial charge in [-0.15, -0.1) is 0 Å². The lowest BCUT2D eigenvalue weighted by Crippen LogP contribution is -2.50. The monoisotopic (exact) mass is 437 g/mol. The van der Waals surface area contributed by atoms with E-state index < -0.39 is 10.0 Å². The number of nitrogens with zero attached hydrogens (tertiary/aromatic N) is 3. The molecule has 0 bridgehead atoms. The molecule has 6 nitrogen and oxygen atoms in total. The van der Waals surface area contributed by atoms with Crippen molar-refractivity contribution in [3.05, 3.63) is 70.4 Å². The van der Waals surface area contributed by atoms with Gasteiger partial charge in [-0.3, -0.25) is 4.79 Å². The van der Waals surface area contributed by atoms with Crippen LogP contribution in [0.15, 0.2) is 47.4 Å². The van der Waals surface area contributed by atoms with Crippen LogP contribution >= 0.6 is 0 Å². The summed E-state index contributed by atoms with van der Waals surface area (Å²) in [6.45, 7) is 8.83. The van der Waals surface area contributed by atoms with Gasteiger partial charge < -0.3 is 4.90 Å². The van der Waals surface area contributed by atoms with Gasteiger partial charge in [0.15, 0.2) is 0 Å². The van der Waals surface area contributed by atoms with Crippen molar-refractivity contribution in [1.82, 2.24) is 14.2 Å². The van der Waals surface area contributed by atoms with Crippen molar-refractivity contribution in [2.75, 3.05) is 26.2 Å². The van der Waals surface area contributed by atoms with Crippen LogP contribution in [-0.2, 0) is 10.0 Å². The Morgan fingerprint density at radius 3 is 2.13 bits per heavy atom. The van der Waals surface area contributed by atoms with E-state index in [2.05, 4.69) is 4.98 Å². The van der Waals surface area contributed by atoms with E-state index in [0.717, 1.165) is 33.2 Å². The molecule has 7 heteroatoms. The quantitative estimate of drug-likeness (QED) is 0.628. The van der Waals surface area contributed by atoms with E-state index in [1.54, 1.807) is 11.0 Å². The van der Waals surface area contributed by atoms with E-state index in [9.17, 15) is 13.2 Å². The summed E-state index contributed by atoms with van der Waals surface area (Å²) in [5, 5.41) is 0.981. The Morgan fingerprint density at radius 1 is 0.871 bits per heavy atom. The fourth-order valence-electron chi connectivity index (χ4n) is 4.18. The average Bonchev–Trinajstić information content (AvgIpc) is 2.77. The highest BCUT2D eigenvalue weighted by molar-refractivity contribution is 7.89. The fraction of sp³-hybridized carbons (Fsp3) is 0.333. The van der Waals surface area contributed by atoms with Crippen molar-refractivity contribution < 1.29 is 13.2 Å². The summed E-state index contributed by atoms with van der Waals surface area (Å²) in [5.41, 5.74) is 4.69. The number of carbonyl (C=O) groups excluding carboxylic acids is 1. The number of carbonyl (C=O) groups is 1. The van der Waals surface area contributed by atoms with Crippen LogP contribution in [-0.4, -0.2) is 54.7 Å². The molecular formula is C24H27N3O3S. The van der Waals surface area contributed by atoms with Crippen molar-refractivity contribution in [3.8, 4) is 0 Å². The van der Waals surface area contributed by atoms with Crippen LogP contribution in [0.3, 0.4) is 0 Å². The summed E-state index contributed by atoms with van der Waals surface area (Å²) in [7, 11) is -3.63. The highest BCUT2D eigenvalue weighted by Gasteiger charge is 2.33. The first kappa shape index (κ1) is 21.5. The minimum Gasteiger partial charge on any atom is -0.335 e. The number of para-hydroxylation sites is 1. The zero-order valence-corrected chi connectivity index (χ0v) is 19.2. The Hall–Kier alpha value is -2.77. The van der Waals surface area contributed by atoms with Crippen LogP contribution in [0, 0.1) is 27.7 Å². The molecule has 1 saturated heterocycles. The van der Waals surface area contributed by atoms with Crippen LogP contribution < -0.4 is 0 Å². The van der Waals surface area contributed by atoms with E-state index in [4.69, 9.17) is 0 Å². The lowest BCUT2D eigenvalue weighted by molar-refractivity contribution is 0.0692. The number of rotatable bonds is 3. The molecule has 162 valence electrons. The largest absolute Gasteiger partial charge is 0.335 e. The summed E-state index contributed by atoms with van der Waals surface area (Å²) >= 11 is 0. The maximum absolute atomic E-state index is 13.4. The normalized spacial score (nSPS) is 15.4. The lowest BCUT2D eigenvalue weighted by atomic mass is 10.0. The Morgan fingerprint density at radius 2 is 1.48 bits per heavy atom. The summed E-state index contributed by atoms with van der Waals surface area (Å²) in [5.74, 6) is -0.165. The molecule has 0 N–H and O–H groups in total. The summed E-state index contributed by atoms with van der Waals surface area (Å²) < 4.78 is 28.4. The zero-order chi connectivity index (χ0) is 22.3. The molecule has 2 heterocycles. The van der Waals surface area contributed by atoms with Gasteiger partial charge in [0.2, 0.25) is 10.0 Å². The molecule has 0 atom stereocenters. The molecule has 1 aliphatic rings. The van der Waals surface area contributed by atoms with E-state index >= 15 is 0 Å². The molecule has 1 aliphatic heterocycles. The highest BCUT2D eigenvalue weighted by atomic mass is 32.2. The number of aromatic nitrogens is 1. The van der Waals surface area contributed by atoms with Crippen molar-refractivity contribution >= 4 is 26.8 Å². The molecule has 0 unspecified atom stereocenters. The van der Waals surface area contributed by atoms with Crippen LogP contribution in [0.5, 0.6) is 0 Å². The van der Waals surface area contributed by atoms with Crippen LogP contribution in [0.2, 0.25) is 0 Å². The number of pyridine rings is 1. The first-order chi connectivity index (χ1) is 14.7. The number of amides is 1. The third-order valence-electron chi connectivity index (χ3n) is 6.24. The lowest BCUT2D eigenvalue weighted by Gasteiger charge is -2.34. The number of benzene rings is 2. The van der Waals surface area contributed by atoms with Gasteiger partial charge in [-0.2, -0.15) is 4.31 Å². The molecule has 4 rings (SSSR count). The fourth-order valence-corrected chi connectivity index (χ4v) is 6.17. The number of sulfonamides is 1. The molecule has 1 aromatic heterocycles. The number of fused-ring (bicyclic) bond motifs is 1. The molecule has 1 fully saturated rings. The summed E-state index contributed by atoms with van der Waals surface area (Å²) in [6, 6.07) is 13.3. The van der Waals surface area contributed by atoms with Gasteiger partial charge in [0.25, 0.3) is 5.91 Å². The Labute approximate surface area is 183 Å². The second-order valence-corrected chi connectivity index (χ2v) is 10.0. The number of hydrogen-bond acceptors (Lipinski definition) is 4. The number of hydrogen-bond donors (Lipinski definition) is 0. The van der Waals surface area contributed by atoms with Crippen molar-refractivity contribution in [2.24, 2.45) is 0 Å². The third kappa shape index (κ3) is 3.83. The van der Waals surface area contributed by atoms with Gasteiger partial charge >= 0.3 is 0 Å². The van der Waals surface area contributed by atoms with Crippen LogP contribution in [0.4, 0.5) is 0 Å². The Bertz CT molecular complexity index is 1250. The minimum absolute atomic E-state index is 0.165. The Kier molecular flexibility index (Phi) is 5.58. The first-order valence-corrected chi connectivity index (χ1v) is 11.9. The predicted octanol–water partition coefficient (Wildman–Crippen LogP) is 3.62. The minimum atomic E-state index is -3.63. The maximum atomic E-state index is 13.4. The van der Waals surface area contributed by atoms with Crippen molar-refractivity contribution in [2.45, 2.75) is 32.6 Å². The van der Waals surface area contributed by atoms with Crippen LogP contribution in [0.25, 0.3) is 10.9 Å². The SMILES string of the molecule is Cc1cc(C)c(C)c(S(=O)(=O)N2CCN(C(=O)c3ccc4ccccc4n3)CC2)c1C. The third-order valence-corrected chi connectivity index (χ3v) is 8.41. The second-order valence-electron chi connectivity index (χ2n) is 8.17. The van der Waals surface area contributed by atoms with Gasteiger partial charge in [0.1, 0.15) is 5.69 Å². The van der Waals surface area contributed by atoms with Gasteiger partial charge in [0.05, 0.1) is 10.4 Å². The van der Waals surface area contributed by atoms with E-state index in [0.29, 0.717) is 23.7 Å². The zero-order valence-electron chi connectivity index (χ0n) is 18.3. The van der Waals surface area contributed by atoms with Crippen LogP contribution in [0.1, 0.15) is 32.7 Å². The Balaban J connectivity index is 1.53. The predicted molar refractivity (Wildman–Crippen MR) is 122 cm³/mol. The molecule has 0 radical (unpaired) electrons. The molecule has 3 aromatic rings. The van der Waals surface area contributed by atoms with Gasteiger partial charge in [-0.1, -0.05) is 30.3 Å². The molecular weight excluding hydrogens is 410 g/mol. The highest BCUT2D eigenvalue weighted by Crippen LogP contribution is 2.29. The van der Waals surface area contributed by atoms with Crippen molar-refractivity contribution in [1.29, 1.82) is 0 Å². The standard InChI is InChI=1S/C24H27N3O3S/c1-16-15-17(2)19(4)23(18(16)3)31(29,30)27-13-11-26(12-14-27)24(28)22-10-9-20-7-5-6-8-21(20)25-22/h5-10,15H,11-14H2,1-4H3. The summed E-state index contributed by atoms with van der Waals surface area (Å²) in [4.78, 5) is 19.5. The summed E-state index contributed by atoms with van der Waals surface area (Å²) in [6.07, 6.45) is 0. The number of aryl methyl sites for hydroxylation is 2. The van der Waals surface area contributed by atoms with Gasteiger partial charge in [-0.05, 0) is 62.1 Å². The topological polar surface area (TPSA) is 70.6 Å². The molecule has 1 amide bonds. The van der Waals surface area contributed by atoms with Crippen molar-refractivity contribution in [3.63, 3.8) is 0 Å². The molecule has 0 spiro atoms. The van der Waals surface area contributed by atoms with Gasteiger partial charge in [-0.25, -0.2) is 13.4 Å². The first-order valence-electron chi connectivity index (χ1n) is 10.4. The van der Waals surface area contributed by atoms with E-state index in [1.807, 2.05) is 64.1 Å². The average molecular weight is 438 g/mol. The molecule has 31 heavy (non-hydrogen) atoms.